The van der Waals surface area contributed by atoms with Crippen molar-refractivity contribution in [1.29, 1.82) is 0 Å². The van der Waals surface area contributed by atoms with Crippen molar-refractivity contribution in [2.45, 2.75) is 13.3 Å². The quantitative estimate of drug-likeness (QED) is 0.360. The highest BCUT2D eigenvalue weighted by Gasteiger charge is 2.14. The van der Waals surface area contributed by atoms with Crippen molar-refractivity contribution in [3.05, 3.63) is 69.5 Å². The van der Waals surface area contributed by atoms with E-state index in [0.29, 0.717) is 22.7 Å². The Balaban J connectivity index is 1.71. The highest BCUT2D eigenvalue weighted by Crippen LogP contribution is 2.24. The van der Waals surface area contributed by atoms with Crippen molar-refractivity contribution < 1.29 is 23.5 Å². The molecule has 8 heteroatoms. The summed E-state index contributed by atoms with van der Waals surface area (Å²) in [6, 6.07) is 12.7. The van der Waals surface area contributed by atoms with Crippen LogP contribution in [0.5, 0.6) is 11.5 Å². The SMILES string of the molecule is CCCNC(=O)c1cc2ccc(OC(=O)COc3ccccc3Cl)cc2oc1=O. The van der Waals surface area contributed by atoms with Crippen LogP contribution in [0.4, 0.5) is 0 Å². The van der Waals surface area contributed by atoms with E-state index >= 15 is 0 Å². The third-order valence-electron chi connectivity index (χ3n) is 3.90. The Morgan fingerprint density at radius 3 is 2.69 bits per heavy atom. The molecule has 0 atom stereocenters. The summed E-state index contributed by atoms with van der Waals surface area (Å²) in [6.07, 6.45) is 0.750. The van der Waals surface area contributed by atoms with Crippen molar-refractivity contribution in [3.8, 4) is 11.5 Å². The van der Waals surface area contributed by atoms with Gasteiger partial charge in [-0.05, 0) is 36.8 Å². The van der Waals surface area contributed by atoms with Crippen LogP contribution >= 0.6 is 11.6 Å². The molecule has 3 rings (SSSR count). The van der Waals surface area contributed by atoms with Gasteiger partial charge in [0.2, 0.25) is 0 Å². The maximum atomic E-state index is 12.1. The maximum absolute atomic E-state index is 12.1. The first-order valence-corrected chi connectivity index (χ1v) is 9.30. The number of esters is 1. The van der Waals surface area contributed by atoms with Crippen LogP contribution in [0.1, 0.15) is 23.7 Å². The second-order valence-electron chi connectivity index (χ2n) is 6.10. The predicted molar refractivity (Wildman–Crippen MR) is 108 cm³/mol. The Bertz CT molecular complexity index is 1110. The van der Waals surface area contributed by atoms with E-state index in [0.717, 1.165) is 6.42 Å². The van der Waals surface area contributed by atoms with Crippen LogP contribution in [0.3, 0.4) is 0 Å². The lowest BCUT2D eigenvalue weighted by Gasteiger charge is -2.08. The minimum absolute atomic E-state index is 0.0798. The van der Waals surface area contributed by atoms with E-state index in [2.05, 4.69) is 5.32 Å². The molecule has 0 saturated heterocycles. The molecule has 150 valence electrons. The van der Waals surface area contributed by atoms with Gasteiger partial charge in [-0.25, -0.2) is 9.59 Å². The fraction of sp³-hybridized carbons (Fsp3) is 0.190. The summed E-state index contributed by atoms with van der Waals surface area (Å²) >= 11 is 5.96. The summed E-state index contributed by atoms with van der Waals surface area (Å²) in [4.78, 5) is 36.1. The van der Waals surface area contributed by atoms with Crippen LogP contribution < -0.4 is 20.4 Å². The summed E-state index contributed by atoms with van der Waals surface area (Å²) in [5.41, 5.74) is -0.653. The maximum Gasteiger partial charge on any atom is 0.349 e. The molecule has 29 heavy (non-hydrogen) atoms. The van der Waals surface area contributed by atoms with Gasteiger partial charge in [0.05, 0.1) is 5.02 Å². The zero-order valence-electron chi connectivity index (χ0n) is 15.6. The number of carbonyl (C=O) groups is 2. The number of hydrogen-bond acceptors (Lipinski definition) is 6. The molecule has 2 aromatic carbocycles. The van der Waals surface area contributed by atoms with Crippen molar-refractivity contribution >= 4 is 34.4 Å². The molecule has 1 aromatic heterocycles. The number of hydrogen-bond donors (Lipinski definition) is 1. The third kappa shape index (κ3) is 5.14. The van der Waals surface area contributed by atoms with Gasteiger partial charge in [0.15, 0.2) is 6.61 Å². The summed E-state index contributed by atoms with van der Waals surface area (Å²) in [6.45, 7) is 2.02. The molecular formula is C21H18ClNO6. The van der Waals surface area contributed by atoms with Gasteiger partial charge >= 0.3 is 11.6 Å². The molecule has 1 amide bonds. The monoisotopic (exact) mass is 415 g/mol. The molecule has 0 unspecified atom stereocenters. The topological polar surface area (TPSA) is 94.8 Å². The molecule has 0 aliphatic carbocycles. The molecule has 7 nitrogen and oxygen atoms in total. The molecule has 0 radical (unpaired) electrons. The van der Waals surface area contributed by atoms with Gasteiger partial charge in [-0.2, -0.15) is 0 Å². The first kappa shape index (κ1) is 20.4. The lowest BCUT2D eigenvalue weighted by molar-refractivity contribution is -0.136. The Kier molecular flexibility index (Phi) is 6.51. The van der Waals surface area contributed by atoms with Gasteiger partial charge in [-0.3, -0.25) is 4.79 Å². The van der Waals surface area contributed by atoms with Crippen molar-refractivity contribution in [1.82, 2.24) is 5.32 Å². The standard InChI is InChI=1S/C21H18ClNO6/c1-2-9-23-20(25)15-10-13-7-8-14(11-18(13)29-21(15)26)28-19(24)12-27-17-6-4-3-5-16(17)22/h3-8,10-11H,2,9,12H2,1H3,(H,23,25). The Morgan fingerprint density at radius 1 is 1.14 bits per heavy atom. The van der Waals surface area contributed by atoms with Crippen molar-refractivity contribution in [3.63, 3.8) is 0 Å². The van der Waals surface area contributed by atoms with Crippen LogP contribution in [0.2, 0.25) is 5.02 Å². The number of fused-ring (bicyclic) bond motifs is 1. The molecule has 0 aliphatic rings. The summed E-state index contributed by atoms with van der Waals surface area (Å²) in [5.74, 6) is -0.599. The zero-order valence-corrected chi connectivity index (χ0v) is 16.3. The second-order valence-corrected chi connectivity index (χ2v) is 6.50. The summed E-state index contributed by atoms with van der Waals surface area (Å²) in [7, 11) is 0. The van der Waals surface area contributed by atoms with Crippen LogP contribution in [0, 0.1) is 0 Å². The average Bonchev–Trinajstić information content (AvgIpc) is 2.71. The van der Waals surface area contributed by atoms with Gasteiger partial charge < -0.3 is 19.2 Å². The molecular weight excluding hydrogens is 398 g/mol. The number of ether oxygens (including phenoxy) is 2. The predicted octanol–water partition coefficient (Wildman–Crippen LogP) is 3.57. The first-order valence-electron chi connectivity index (χ1n) is 8.92. The highest BCUT2D eigenvalue weighted by atomic mass is 35.5. The van der Waals surface area contributed by atoms with E-state index in [-0.39, 0.29) is 23.5 Å². The van der Waals surface area contributed by atoms with Gasteiger partial charge in [0, 0.05) is 18.0 Å². The smallest absolute Gasteiger partial charge is 0.349 e. The van der Waals surface area contributed by atoms with Crippen LogP contribution in [0.25, 0.3) is 11.0 Å². The van der Waals surface area contributed by atoms with E-state index in [1.54, 1.807) is 30.3 Å². The molecule has 0 spiro atoms. The number of para-hydroxylation sites is 1. The lowest BCUT2D eigenvalue weighted by atomic mass is 10.1. The van der Waals surface area contributed by atoms with Gasteiger partial charge in [-0.15, -0.1) is 0 Å². The van der Waals surface area contributed by atoms with E-state index < -0.39 is 17.5 Å². The first-order chi connectivity index (χ1) is 14.0. The number of nitrogens with one attached hydrogen (secondary N) is 1. The van der Waals surface area contributed by atoms with Gasteiger partial charge in [0.1, 0.15) is 22.6 Å². The van der Waals surface area contributed by atoms with E-state index in [9.17, 15) is 14.4 Å². The van der Waals surface area contributed by atoms with Crippen LogP contribution in [-0.4, -0.2) is 25.0 Å². The molecule has 1 heterocycles. The number of benzene rings is 2. The van der Waals surface area contributed by atoms with E-state index in [1.165, 1.54) is 18.2 Å². The largest absolute Gasteiger partial charge is 0.480 e. The Hall–Kier alpha value is -3.32. The third-order valence-corrected chi connectivity index (χ3v) is 4.21. The minimum atomic E-state index is -0.767. The lowest BCUT2D eigenvalue weighted by Crippen LogP contribution is -2.28. The van der Waals surface area contributed by atoms with Crippen LogP contribution in [0.15, 0.2) is 57.7 Å². The molecule has 0 saturated carbocycles. The number of rotatable bonds is 7. The second kappa shape index (κ2) is 9.25. The van der Waals surface area contributed by atoms with Gasteiger partial charge in [-0.1, -0.05) is 30.7 Å². The average molecular weight is 416 g/mol. The fourth-order valence-electron chi connectivity index (χ4n) is 2.51. The molecule has 3 aromatic rings. The summed E-state index contributed by atoms with van der Waals surface area (Å²) < 4.78 is 15.7. The molecule has 0 bridgehead atoms. The number of amides is 1. The molecule has 0 aliphatic heterocycles. The number of halogens is 1. The molecule has 0 fully saturated rings. The van der Waals surface area contributed by atoms with Gasteiger partial charge in [0.25, 0.3) is 5.91 Å². The fourth-order valence-corrected chi connectivity index (χ4v) is 2.70. The minimum Gasteiger partial charge on any atom is -0.480 e. The summed E-state index contributed by atoms with van der Waals surface area (Å²) in [5, 5.41) is 3.54. The van der Waals surface area contributed by atoms with Crippen molar-refractivity contribution in [2.24, 2.45) is 0 Å². The van der Waals surface area contributed by atoms with E-state index in [4.69, 9.17) is 25.5 Å². The highest BCUT2D eigenvalue weighted by molar-refractivity contribution is 6.32. The molecule has 1 N–H and O–H groups in total. The number of carbonyl (C=O) groups excluding carboxylic acids is 2. The Labute approximate surface area is 171 Å². The van der Waals surface area contributed by atoms with Crippen molar-refractivity contribution in [2.75, 3.05) is 13.2 Å². The Morgan fingerprint density at radius 2 is 1.93 bits per heavy atom. The van der Waals surface area contributed by atoms with E-state index in [1.807, 2.05) is 6.92 Å². The zero-order chi connectivity index (χ0) is 20.8. The normalized spacial score (nSPS) is 10.6. The van der Waals surface area contributed by atoms with Crippen LogP contribution in [-0.2, 0) is 4.79 Å².